The molecule has 1 aromatic carbocycles. The molecular weight excluding hydrogens is 542 g/mol. The molecule has 10 heteroatoms. The Labute approximate surface area is 254 Å². The quantitative estimate of drug-likeness (QED) is 0.475. The van der Waals surface area contributed by atoms with Gasteiger partial charge in [0, 0.05) is 56.3 Å². The third-order valence-electron chi connectivity index (χ3n) is 11.2. The fraction of sp³-hybridized carbons (Fsp3) is 0.606. The lowest BCUT2D eigenvalue weighted by molar-refractivity contribution is -0.145. The zero-order chi connectivity index (χ0) is 29.9. The van der Waals surface area contributed by atoms with Crippen molar-refractivity contribution >= 4 is 34.8 Å². The number of hydrogen-bond donors (Lipinski definition) is 3. The average molecular weight is 588 g/mol. The Kier molecular flexibility index (Phi) is 7.04. The monoisotopic (exact) mass is 587 g/mol. The van der Waals surface area contributed by atoms with Crippen LogP contribution in [0.4, 0.5) is 27.7 Å². The van der Waals surface area contributed by atoms with Gasteiger partial charge in [0.2, 0.25) is 5.91 Å². The lowest BCUT2D eigenvalue weighted by Gasteiger charge is -2.59. The van der Waals surface area contributed by atoms with Gasteiger partial charge in [0.15, 0.2) is 0 Å². The highest BCUT2D eigenvalue weighted by molar-refractivity contribution is 5.98. The number of nitrogens with zero attached hydrogens (tertiary/aromatic N) is 5. The number of pyridine rings is 1. The highest BCUT2D eigenvalue weighted by atomic mass is 16.3. The van der Waals surface area contributed by atoms with E-state index in [2.05, 4.69) is 52.1 Å². The number of anilines is 4. The molecule has 8 rings (SSSR count). The van der Waals surface area contributed by atoms with Gasteiger partial charge in [-0.25, -0.2) is 9.78 Å². The summed E-state index contributed by atoms with van der Waals surface area (Å²) in [6.07, 6.45) is 6.66. The van der Waals surface area contributed by atoms with E-state index in [9.17, 15) is 14.7 Å². The van der Waals surface area contributed by atoms with Gasteiger partial charge in [0.25, 0.3) is 0 Å². The van der Waals surface area contributed by atoms with Crippen LogP contribution in [0.25, 0.3) is 0 Å². The van der Waals surface area contributed by atoms with Crippen LogP contribution < -0.4 is 25.8 Å². The maximum absolute atomic E-state index is 13.8. The zero-order valence-corrected chi connectivity index (χ0v) is 25.4. The van der Waals surface area contributed by atoms with E-state index in [1.165, 1.54) is 0 Å². The van der Waals surface area contributed by atoms with Gasteiger partial charge in [0.05, 0.1) is 29.9 Å². The third-order valence-corrected chi connectivity index (χ3v) is 11.2. The Morgan fingerprint density at radius 3 is 2.30 bits per heavy atom. The van der Waals surface area contributed by atoms with Crippen molar-refractivity contribution in [3.63, 3.8) is 0 Å². The normalized spacial score (nSPS) is 30.3. The van der Waals surface area contributed by atoms with Gasteiger partial charge in [-0.05, 0) is 88.0 Å². The number of piperazine rings is 1. The minimum absolute atomic E-state index is 0.0514. The summed E-state index contributed by atoms with van der Waals surface area (Å²) in [7, 11) is 0. The van der Waals surface area contributed by atoms with Crippen molar-refractivity contribution in [2.75, 3.05) is 60.6 Å². The molecule has 0 radical (unpaired) electrons. The summed E-state index contributed by atoms with van der Waals surface area (Å²) in [6.45, 7) is 9.14. The average Bonchev–Trinajstić information content (AvgIpc) is 3.02. The molecule has 3 amide bonds. The molecule has 5 atom stereocenters. The van der Waals surface area contributed by atoms with Crippen molar-refractivity contribution in [2.24, 2.45) is 28.9 Å². The lowest BCUT2D eigenvalue weighted by Crippen LogP contribution is -2.63. The zero-order valence-electron chi connectivity index (χ0n) is 25.4. The van der Waals surface area contributed by atoms with Crippen LogP contribution in [0.15, 0.2) is 42.6 Å². The standard InChI is InChI=1S/C33H45N7O3/c1-32(2,21-41)38-11-9-37(10-12-38)25-7-8-28(35-20-25)39-13-14-40(27-6-4-3-5-26(27)39)31(43)36-29-23-15-22-16-24(29)19-33(17-22,18-23)30(34)42/h3-8,20,22-24,29,41H,9-19,21H2,1-2H3,(H2,34,42)(H,36,43)/t22?,23-,24+,29?,33?. The molecular formula is C33H45N7O3. The second-order valence-corrected chi connectivity index (χ2v) is 14.2. The molecule has 4 bridgehead atoms. The van der Waals surface area contributed by atoms with Crippen LogP contribution in [0, 0.1) is 23.2 Å². The number of primary amides is 1. The summed E-state index contributed by atoms with van der Waals surface area (Å²) in [5.74, 6) is 1.93. The van der Waals surface area contributed by atoms with Crippen LogP contribution in [-0.4, -0.2) is 84.4 Å². The van der Waals surface area contributed by atoms with Crippen LogP contribution in [-0.2, 0) is 4.79 Å². The summed E-state index contributed by atoms with van der Waals surface area (Å²) in [5, 5.41) is 13.2. The van der Waals surface area contributed by atoms with Crippen LogP contribution in [0.2, 0.25) is 0 Å². The Morgan fingerprint density at radius 2 is 1.67 bits per heavy atom. The first-order valence-electron chi connectivity index (χ1n) is 16.0. The van der Waals surface area contributed by atoms with E-state index in [-0.39, 0.29) is 35.5 Å². The number of carbonyl (C=O) groups excluding carboxylic acids is 2. The molecule has 1 aromatic heterocycles. The second kappa shape index (κ2) is 10.7. The minimum atomic E-state index is -0.357. The molecule has 10 nitrogen and oxygen atoms in total. The molecule has 6 aliphatic rings. The van der Waals surface area contributed by atoms with Crippen LogP contribution in [0.5, 0.6) is 0 Å². The van der Waals surface area contributed by atoms with Gasteiger partial charge in [-0.1, -0.05) is 12.1 Å². The number of urea groups is 1. The molecule has 1 saturated heterocycles. The fourth-order valence-corrected chi connectivity index (χ4v) is 8.99. The number of hydrogen-bond acceptors (Lipinski definition) is 7. The lowest BCUT2D eigenvalue weighted by atomic mass is 9.47. The van der Waals surface area contributed by atoms with Gasteiger partial charge < -0.3 is 26.0 Å². The Bertz CT molecular complexity index is 1360. The summed E-state index contributed by atoms with van der Waals surface area (Å²) in [4.78, 5) is 39.8. The molecule has 3 heterocycles. The van der Waals surface area contributed by atoms with Crippen LogP contribution in [0.3, 0.4) is 0 Å². The number of benzene rings is 1. The summed E-state index contributed by atoms with van der Waals surface area (Å²) in [6, 6.07) is 12.3. The minimum Gasteiger partial charge on any atom is -0.394 e. The van der Waals surface area contributed by atoms with E-state index >= 15 is 0 Å². The molecule has 5 fully saturated rings. The molecule has 4 aliphatic carbocycles. The molecule has 3 unspecified atom stereocenters. The molecule has 230 valence electrons. The number of aliphatic hydroxyl groups is 1. The Morgan fingerprint density at radius 1 is 0.977 bits per heavy atom. The largest absolute Gasteiger partial charge is 0.394 e. The van der Waals surface area contributed by atoms with Gasteiger partial charge >= 0.3 is 6.03 Å². The van der Waals surface area contributed by atoms with E-state index < -0.39 is 0 Å². The number of aliphatic hydroxyl groups excluding tert-OH is 1. The maximum atomic E-state index is 13.8. The highest BCUT2D eigenvalue weighted by Gasteiger charge is 2.58. The number of fused-ring (bicyclic) bond motifs is 1. The number of para-hydroxylation sites is 2. The molecule has 43 heavy (non-hydrogen) atoms. The van der Waals surface area contributed by atoms with Crippen molar-refractivity contribution in [3.8, 4) is 0 Å². The van der Waals surface area contributed by atoms with Crippen molar-refractivity contribution in [1.82, 2.24) is 15.2 Å². The molecule has 0 spiro atoms. The summed E-state index contributed by atoms with van der Waals surface area (Å²) in [5.41, 5.74) is 8.28. The van der Waals surface area contributed by atoms with Crippen molar-refractivity contribution in [3.05, 3.63) is 42.6 Å². The molecule has 2 aliphatic heterocycles. The predicted octanol–water partition coefficient (Wildman–Crippen LogP) is 3.32. The van der Waals surface area contributed by atoms with Gasteiger partial charge in [-0.3, -0.25) is 14.6 Å². The molecule has 4 N–H and O–H groups in total. The van der Waals surface area contributed by atoms with E-state index in [1.807, 2.05) is 29.3 Å². The maximum Gasteiger partial charge on any atom is 0.322 e. The third kappa shape index (κ3) is 4.92. The fourth-order valence-electron chi connectivity index (χ4n) is 8.99. The molecule has 4 saturated carbocycles. The number of carbonyl (C=O) groups is 2. The first kappa shape index (κ1) is 28.4. The second-order valence-electron chi connectivity index (χ2n) is 14.2. The van der Waals surface area contributed by atoms with E-state index in [0.717, 1.165) is 81.2 Å². The number of nitrogens with two attached hydrogens (primary N) is 1. The topological polar surface area (TPSA) is 118 Å². The van der Waals surface area contributed by atoms with Gasteiger partial charge in [0.1, 0.15) is 5.82 Å². The SMILES string of the molecule is CC(C)(CO)N1CCN(c2ccc(N3CCN(C(=O)NC4[C@@H]5CC6C[C@H]4CC(C(N)=O)(C6)C5)c4ccccc43)nc2)CC1. The number of aromatic nitrogens is 1. The smallest absolute Gasteiger partial charge is 0.322 e. The summed E-state index contributed by atoms with van der Waals surface area (Å²) < 4.78 is 0. The van der Waals surface area contributed by atoms with Crippen LogP contribution in [0.1, 0.15) is 46.0 Å². The van der Waals surface area contributed by atoms with Crippen molar-refractivity contribution in [2.45, 2.75) is 57.5 Å². The Hall–Kier alpha value is -3.37. The number of nitrogens with one attached hydrogen (secondary N) is 1. The van der Waals surface area contributed by atoms with E-state index in [0.29, 0.717) is 30.8 Å². The van der Waals surface area contributed by atoms with E-state index in [4.69, 9.17) is 10.7 Å². The van der Waals surface area contributed by atoms with Gasteiger partial charge in [-0.15, -0.1) is 0 Å². The summed E-state index contributed by atoms with van der Waals surface area (Å²) >= 11 is 0. The van der Waals surface area contributed by atoms with Crippen LogP contribution >= 0.6 is 0 Å². The first-order valence-corrected chi connectivity index (χ1v) is 16.0. The van der Waals surface area contributed by atoms with Crippen molar-refractivity contribution < 1.29 is 14.7 Å². The predicted molar refractivity (Wildman–Crippen MR) is 167 cm³/mol. The van der Waals surface area contributed by atoms with Gasteiger partial charge in [-0.2, -0.15) is 0 Å². The van der Waals surface area contributed by atoms with Crippen molar-refractivity contribution in [1.29, 1.82) is 0 Å². The number of amides is 3. The van der Waals surface area contributed by atoms with E-state index in [1.54, 1.807) is 0 Å². The number of rotatable bonds is 6. The Balaban J connectivity index is 1.03. The highest BCUT2D eigenvalue weighted by Crippen LogP contribution is 2.60. The first-order chi connectivity index (χ1) is 20.7. The molecule has 2 aromatic rings.